The van der Waals surface area contributed by atoms with Gasteiger partial charge in [0.2, 0.25) is 5.78 Å². The summed E-state index contributed by atoms with van der Waals surface area (Å²) >= 11 is 6.13. The van der Waals surface area contributed by atoms with Gasteiger partial charge in [-0.25, -0.2) is 4.79 Å². The Labute approximate surface area is 162 Å². The highest BCUT2D eigenvalue weighted by molar-refractivity contribution is 6.31. The maximum absolute atomic E-state index is 12.3. The van der Waals surface area contributed by atoms with Crippen LogP contribution in [0.1, 0.15) is 39.5 Å². The van der Waals surface area contributed by atoms with E-state index in [2.05, 4.69) is 5.32 Å². The summed E-state index contributed by atoms with van der Waals surface area (Å²) in [5, 5.41) is 2.86. The quantitative estimate of drug-likeness (QED) is 0.560. The third kappa shape index (κ3) is 5.82. The second-order valence-electron chi connectivity index (χ2n) is 6.19. The lowest BCUT2D eigenvalue weighted by Crippen LogP contribution is -2.35. The third-order valence-electron chi connectivity index (χ3n) is 4.01. The van der Waals surface area contributed by atoms with E-state index in [-0.39, 0.29) is 18.8 Å². The second kappa shape index (κ2) is 9.19. The molecule has 2 rings (SSSR count). The molecule has 0 aromatic heterocycles. The molecule has 1 atom stereocenters. The molecule has 0 bridgehead atoms. The van der Waals surface area contributed by atoms with Gasteiger partial charge in [0, 0.05) is 10.6 Å². The summed E-state index contributed by atoms with van der Waals surface area (Å²) in [6.45, 7) is 3.38. The van der Waals surface area contributed by atoms with Gasteiger partial charge in [0.25, 0.3) is 0 Å². The smallest absolute Gasteiger partial charge is 0.312 e. The number of carbonyl (C=O) groups is 3. The molecule has 0 aliphatic rings. The molecule has 2 amide bonds. The van der Waals surface area contributed by atoms with E-state index >= 15 is 0 Å². The normalized spacial score (nSPS) is 11.5. The largest absolute Gasteiger partial charge is 0.457 e. The van der Waals surface area contributed by atoms with E-state index in [0.29, 0.717) is 16.1 Å². The van der Waals surface area contributed by atoms with Crippen molar-refractivity contribution in [3.05, 3.63) is 69.7 Å². The van der Waals surface area contributed by atoms with Gasteiger partial charge >= 0.3 is 12.0 Å². The van der Waals surface area contributed by atoms with Crippen LogP contribution in [-0.2, 0) is 9.53 Å². The molecule has 0 saturated carbocycles. The summed E-state index contributed by atoms with van der Waals surface area (Å²) in [5.41, 5.74) is 8.09. The highest BCUT2D eigenvalue weighted by atomic mass is 35.5. The van der Waals surface area contributed by atoms with E-state index in [1.54, 1.807) is 30.3 Å². The van der Waals surface area contributed by atoms with Gasteiger partial charge in [-0.1, -0.05) is 53.6 Å². The molecule has 7 heteroatoms. The Bertz CT molecular complexity index is 867. The van der Waals surface area contributed by atoms with Gasteiger partial charge in [-0.3, -0.25) is 9.59 Å². The number of primary amides is 1. The number of urea groups is 1. The topological polar surface area (TPSA) is 98.5 Å². The summed E-state index contributed by atoms with van der Waals surface area (Å²) in [6.07, 6.45) is -0.202. The number of nitrogens with one attached hydrogen (secondary N) is 1. The fourth-order valence-electron chi connectivity index (χ4n) is 2.74. The van der Waals surface area contributed by atoms with Gasteiger partial charge in [-0.15, -0.1) is 0 Å². The molecular weight excluding hydrogens is 368 g/mol. The number of hydrogen-bond donors (Lipinski definition) is 2. The molecule has 0 fully saturated rings. The number of carbonyl (C=O) groups excluding carboxylic acids is 3. The van der Waals surface area contributed by atoms with Crippen LogP contribution in [0.25, 0.3) is 0 Å². The number of aryl methyl sites for hydroxylation is 2. The summed E-state index contributed by atoms with van der Waals surface area (Å²) in [6, 6.07) is 10.7. The zero-order valence-electron chi connectivity index (χ0n) is 15.1. The van der Waals surface area contributed by atoms with Crippen molar-refractivity contribution in [2.45, 2.75) is 26.3 Å². The van der Waals surface area contributed by atoms with E-state index in [1.807, 2.05) is 26.0 Å². The molecule has 2 aromatic rings. The van der Waals surface area contributed by atoms with Crippen LogP contribution in [0, 0.1) is 13.8 Å². The van der Waals surface area contributed by atoms with Crippen molar-refractivity contribution in [2.24, 2.45) is 5.73 Å². The van der Waals surface area contributed by atoms with E-state index < -0.39 is 18.0 Å². The summed E-state index contributed by atoms with van der Waals surface area (Å²) in [7, 11) is 0. The van der Waals surface area contributed by atoms with Crippen LogP contribution in [0.4, 0.5) is 4.79 Å². The Morgan fingerprint density at radius 2 is 1.85 bits per heavy atom. The van der Waals surface area contributed by atoms with Crippen molar-refractivity contribution in [1.29, 1.82) is 0 Å². The van der Waals surface area contributed by atoms with Gasteiger partial charge < -0.3 is 15.8 Å². The zero-order chi connectivity index (χ0) is 20.0. The molecule has 0 saturated heterocycles. The van der Waals surface area contributed by atoms with Gasteiger partial charge in [0.05, 0.1) is 12.5 Å². The Balaban J connectivity index is 2.02. The zero-order valence-corrected chi connectivity index (χ0v) is 15.9. The minimum absolute atomic E-state index is 0.202. The molecule has 0 spiro atoms. The average molecular weight is 389 g/mol. The molecule has 0 unspecified atom stereocenters. The van der Waals surface area contributed by atoms with Crippen molar-refractivity contribution in [3.8, 4) is 0 Å². The van der Waals surface area contributed by atoms with E-state index in [4.69, 9.17) is 22.1 Å². The summed E-state index contributed by atoms with van der Waals surface area (Å²) < 4.78 is 5.09. The lowest BCUT2D eigenvalue weighted by atomic mass is 10.0. The predicted molar refractivity (Wildman–Crippen MR) is 103 cm³/mol. The van der Waals surface area contributed by atoms with Gasteiger partial charge in [0.15, 0.2) is 6.61 Å². The number of ether oxygens (including phenoxy) is 1. The summed E-state index contributed by atoms with van der Waals surface area (Å²) in [4.78, 5) is 35.7. The number of nitrogens with two attached hydrogens (primary N) is 1. The van der Waals surface area contributed by atoms with Crippen LogP contribution in [-0.4, -0.2) is 24.4 Å². The van der Waals surface area contributed by atoms with Gasteiger partial charge in [0.1, 0.15) is 0 Å². The number of benzene rings is 2. The molecular formula is C20H21ClN2O4. The minimum atomic E-state index is -0.793. The number of rotatable bonds is 7. The molecule has 0 aliphatic heterocycles. The third-order valence-corrected chi connectivity index (χ3v) is 4.36. The van der Waals surface area contributed by atoms with Crippen molar-refractivity contribution in [2.75, 3.05) is 6.61 Å². The molecule has 2 aromatic carbocycles. The first-order chi connectivity index (χ1) is 12.8. The number of esters is 1. The Morgan fingerprint density at radius 3 is 2.48 bits per heavy atom. The average Bonchev–Trinajstić information content (AvgIpc) is 2.59. The van der Waals surface area contributed by atoms with Crippen molar-refractivity contribution in [1.82, 2.24) is 5.32 Å². The van der Waals surface area contributed by atoms with Crippen LogP contribution in [0.5, 0.6) is 0 Å². The molecule has 3 N–H and O–H groups in total. The van der Waals surface area contributed by atoms with Gasteiger partial charge in [-0.05, 0) is 31.0 Å². The second-order valence-corrected chi connectivity index (χ2v) is 6.60. The van der Waals surface area contributed by atoms with Crippen LogP contribution in [0.3, 0.4) is 0 Å². The molecule has 142 valence electrons. The number of ketones is 1. The highest BCUT2D eigenvalue weighted by Gasteiger charge is 2.21. The van der Waals surface area contributed by atoms with Crippen LogP contribution < -0.4 is 11.1 Å². The van der Waals surface area contributed by atoms with E-state index in [1.165, 1.54) is 0 Å². The maximum Gasteiger partial charge on any atom is 0.312 e. The van der Waals surface area contributed by atoms with Crippen molar-refractivity contribution >= 4 is 29.4 Å². The molecule has 27 heavy (non-hydrogen) atoms. The summed E-state index contributed by atoms with van der Waals surface area (Å²) in [5.74, 6) is -0.940. The minimum Gasteiger partial charge on any atom is -0.457 e. The number of hydrogen-bond acceptors (Lipinski definition) is 4. The lowest BCUT2D eigenvalue weighted by Gasteiger charge is -2.18. The highest BCUT2D eigenvalue weighted by Crippen LogP contribution is 2.25. The number of amides is 2. The molecule has 6 nitrogen and oxygen atoms in total. The van der Waals surface area contributed by atoms with Crippen LogP contribution >= 0.6 is 11.6 Å². The van der Waals surface area contributed by atoms with Crippen molar-refractivity contribution < 1.29 is 19.1 Å². The van der Waals surface area contributed by atoms with Crippen LogP contribution in [0.15, 0.2) is 42.5 Å². The number of Topliss-reactive ketones (excluding diaryl/α,β-unsaturated/α-hetero) is 1. The molecule has 0 radical (unpaired) electrons. The first-order valence-electron chi connectivity index (χ1n) is 8.34. The molecule has 0 aliphatic carbocycles. The Hall–Kier alpha value is -2.86. The fourth-order valence-corrected chi connectivity index (χ4v) is 3.01. The standard InChI is InChI=1S/C20H21ClN2O4/c1-12-7-8-14(13(2)9-12)18(24)11-27-19(25)10-17(23-20(22)26)15-5-3-4-6-16(15)21/h3-9,17H,10-11H2,1-2H3,(H3,22,23,26)/t17-/m0/s1. The predicted octanol–water partition coefficient (Wildman–Crippen LogP) is 3.48. The SMILES string of the molecule is Cc1ccc(C(=O)COC(=O)C[C@H](NC(N)=O)c2ccccc2Cl)c(C)c1. The monoisotopic (exact) mass is 388 g/mol. The Kier molecular flexibility index (Phi) is 6.96. The first kappa shape index (κ1) is 20.5. The Morgan fingerprint density at radius 1 is 1.15 bits per heavy atom. The molecule has 0 heterocycles. The fraction of sp³-hybridized carbons (Fsp3) is 0.250. The van der Waals surface area contributed by atoms with Gasteiger partial charge in [-0.2, -0.15) is 0 Å². The van der Waals surface area contributed by atoms with E-state index in [0.717, 1.165) is 11.1 Å². The lowest BCUT2D eigenvalue weighted by molar-refractivity contribution is -0.143. The number of halogens is 1. The van der Waals surface area contributed by atoms with Crippen LogP contribution in [0.2, 0.25) is 5.02 Å². The maximum atomic E-state index is 12.3. The van der Waals surface area contributed by atoms with Crippen molar-refractivity contribution in [3.63, 3.8) is 0 Å². The first-order valence-corrected chi connectivity index (χ1v) is 8.72. The van der Waals surface area contributed by atoms with E-state index in [9.17, 15) is 14.4 Å².